The summed E-state index contributed by atoms with van der Waals surface area (Å²) in [4.78, 5) is 12.3. The molecule has 1 aromatic heterocycles. The Kier molecular flexibility index (Phi) is 5.23. The highest BCUT2D eigenvalue weighted by Gasteiger charge is 2.21. The third kappa shape index (κ3) is 3.67. The fraction of sp³-hybridized carbons (Fsp3) is 0.214. The Hall–Kier alpha value is -1.41. The highest BCUT2D eigenvalue weighted by Crippen LogP contribution is 2.24. The zero-order valence-corrected chi connectivity index (χ0v) is 14.3. The zero-order valence-electron chi connectivity index (χ0n) is 11.9. The van der Waals surface area contributed by atoms with Gasteiger partial charge in [0.1, 0.15) is 0 Å². The quantitative estimate of drug-likeness (QED) is 0.770. The molecule has 0 amide bonds. The number of ether oxygens (including phenoxy) is 1. The summed E-state index contributed by atoms with van der Waals surface area (Å²) in [5.41, 5.74) is 0.300. The molecule has 22 heavy (non-hydrogen) atoms. The number of halogens is 1. The molecule has 0 atom stereocenters. The van der Waals surface area contributed by atoms with Crippen molar-refractivity contribution in [3.8, 4) is 0 Å². The predicted molar refractivity (Wildman–Crippen MR) is 85.8 cm³/mol. The van der Waals surface area contributed by atoms with Crippen LogP contribution in [0.4, 0.5) is 0 Å². The van der Waals surface area contributed by atoms with Gasteiger partial charge in [-0.1, -0.05) is 11.6 Å². The summed E-state index contributed by atoms with van der Waals surface area (Å²) in [6, 6.07) is 9.15. The van der Waals surface area contributed by atoms with Crippen LogP contribution in [-0.2, 0) is 21.3 Å². The molecule has 0 fully saturated rings. The standard InChI is InChI=1S/C14H14ClNO4S2/c1-16(9-11-5-8-13(15)21-11)22(18,19)12-6-3-10(4-7-12)14(17)20-2/h3-8H,9H2,1-2H3. The summed E-state index contributed by atoms with van der Waals surface area (Å²) >= 11 is 7.18. The predicted octanol–water partition coefficient (Wildman–Crippen LogP) is 3.01. The van der Waals surface area contributed by atoms with E-state index in [4.69, 9.17) is 11.6 Å². The number of benzene rings is 1. The number of hydrogen-bond donors (Lipinski definition) is 0. The second kappa shape index (κ2) is 6.78. The summed E-state index contributed by atoms with van der Waals surface area (Å²) in [5.74, 6) is -0.509. The Morgan fingerprint density at radius 2 is 1.86 bits per heavy atom. The van der Waals surface area contributed by atoms with E-state index in [0.29, 0.717) is 9.90 Å². The van der Waals surface area contributed by atoms with Crippen LogP contribution < -0.4 is 0 Å². The molecule has 0 saturated heterocycles. The first kappa shape index (κ1) is 17.0. The molecule has 0 unspecified atom stereocenters. The topological polar surface area (TPSA) is 63.7 Å². The van der Waals surface area contributed by atoms with Crippen LogP contribution in [0.3, 0.4) is 0 Å². The number of thiophene rings is 1. The van der Waals surface area contributed by atoms with E-state index in [2.05, 4.69) is 4.74 Å². The molecule has 0 spiro atoms. The van der Waals surface area contributed by atoms with Crippen molar-refractivity contribution in [2.45, 2.75) is 11.4 Å². The Labute approximate surface area is 138 Å². The number of methoxy groups -OCH3 is 1. The van der Waals surface area contributed by atoms with Gasteiger partial charge in [-0.05, 0) is 36.4 Å². The van der Waals surface area contributed by atoms with Crippen molar-refractivity contribution in [1.29, 1.82) is 0 Å². The molecule has 0 aliphatic rings. The van der Waals surface area contributed by atoms with Gasteiger partial charge in [0.05, 0.1) is 21.9 Å². The van der Waals surface area contributed by atoms with Gasteiger partial charge < -0.3 is 4.74 Å². The van der Waals surface area contributed by atoms with Crippen molar-refractivity contribution >= 4 is 38.9 Å². The highest BCUT2D eigenvalue weighted by atomic mass is 35.5. The minimum absolute atomic E-state index is 0.116. The fourth-order valence-corrected chi connectivity index (χ4v) is 4.17. The van der Waals surface area contributed by atoms with Crippen LogP contribution in [-0.4, -0.2) is 32.8 Å². The molecule has 2 aromatic rings. The summed E-state index contributed by atoms with van der Waals surface area (Å²) < 4.78 is 31.4. The van der Waals surface area contributed by atoms with Crippen LogP contribution >= 0.6 is 22.9 Å². The maximum atomic E-state index is 12.5. The van der Waals surface area contributed by atoms with Crippen LogP contribution in [0, 0.1) is 0 Å². The first-order valence-electron chi connectivity index (χ1n) is 6.23. The number of nitrogens with zero attached hydrogens (tertiary/aromatic N) is 1. The van der Waals surface area contributed by atoms with Gasteiger partial charge >= 0.3 is 5.97 Å². The molecule has 0 saturated carbocycles. The van der Waals surface area contributed by atoms with Gasteiger partial charge in [0, 0.05) is 18.5 Å². The van der Waals surface area contributed by atoms with Crippen LogP contribution in [0.5, 0.6) is 0 Å². The lowest BCUT2D eigenvalue weighted by molar-refractivity contribution is 0.0600. The Bertz CT molecular complexity index is 768. The van der Waals surface area contributed by atoms with E-state index in [1.807, 2.05) is 0 Å². The maximum absolute atomic E-state index is 12.5. The number of esters is 1. The van der Waals surface area contributed by atoms with Gasteiger partial charge in [-0.2, -0.15) is 4.31 Å². The largest absolute Gasteiger partial charge is 0.465 e. The maximum Gasteiger partial charge on any atom is 0.337 e. The van der Waals surface area contributed by atoms with E-state index < -0.39 is 16.0 Å². The van der Waals surface area contributed by atoms with E-state index in [1.54, 1.807) is 12.1 Å². The van der Waals surface area contributed by atoms with E-state index in [-0.39, 0.29) is 11.4 Å². The van der Waals surface area contributed by atoms with Gasteiger partial charge in [-0.25, -0.2) is 13.2 Å². The summed E-state index contributed by atoms with van der Waals surface area (Å²) in [7, 11) is -0.864. The molecule has 2 rings (SSSR count). The van der Waals surface area contributed by atoms with Crippen molar-refractivity contribution in [2.75, 3.05) is 14.2 Å². The molecule has 118 valence electrons. The molecule has 0 aliphatic carbocycles. The second-order valence-corrected chi connectivity index (χ2v) is 8.33. The van der Waals surface area contributed by atoms with Crippen LogP contribution in [0.25, 0.3) is 0 Å². The SMILES string of the molecule is COC(=O)c1ccc(S(=O)(=O)N(C)Cc2ccc(Cl)s2)cc1. The van der Waals surface area contributed by atoms with Crippen molar-refractivity contribution in [3.63, 3.8) is 0 Å². The molecular weight excluding hydrogens is 346 g/mol. The summed E-state index contributed by atoms with van der Waals surface area (Å²) in [5, 5.41) is 0. The molecule has 0 aliphatic heterocycles. The molecule has 1 heterocycles. The minimum atomic E-state index is -3.63. The van der Waals surface area contributed by atoms with Gasteiger partial charge in [-0.15, -0.1) is 11.3 Å². The van der Waals surface area contributed by atoms with Crippen molar-refractivity contribution in [1.82, 2.24) is 4.31 Å². The average molecular weight is 360 g/mol. The number of sulfonamides is 1. The monoisotopic (exact) mass is 359 g/mol. The number of rotatable bonds is 5. The highest BCUT2D eigenvalue weighted by molar-refractivity contribution is 7.89. The number of carbonyl (C=O) groups is 1. The molecule has 0 N–H and O–H groups in total. The third-order valence-corrected chi connectivity index (χ3v) is 6.02. The molecule has 5 nitrogen and oxygen atoms in total. The summed E-state index contributed by atoms with van der Waals surface area (Å²) in [6.45, 7) is 0.235. The lowest BCUT2D eigenvalue weighted by Crippen LogP contribution is -2.26. The van der Waals surface area contributed by atoms with E-state index >= 15 is 0 Å². The fourth-order valence-electron chi connectivity index (χ4n) is 1.80. The molecule has 0 bridgehead atoms. The second-order valence-electron chi connectivity index (χ2n) is 4.48. The van der Waals surface area contributed by atoms with E-state index in [9.17, 15) is 13.2 Å². The van der Waals surface area contributed by atoms with Crippen molar-refractivity contribution in [2.24, 2.45) is 0 Å². The lowest BCUT2D eigenvalue weighted by Gasteiger charge is -2.16. The average Bonchev–Trinajstić information content (AvgIpc) is 2.91. The first-order chi connectivity index (χ1) is 10.3. The zero-order chi connectivity index (χ0) is 16.3. The normalized spacial score (nSPS) is 11.6. The van der Waals surface area contributed by atoms with Crippen molar-refractivity contribution in [3.05, 3.63) is 51.2 Å². The van der Waals surface area contributed by atoms with Crippen LogP contribution in [0.15, 0.2) is 41.3 Å². The van der Waals surface area contributed by atoms with Gasteiger partial charge in [0.2, 0.25) is 10.0 Å². The Morgan fingerprint density at radius 1 is 1.23 bits per heavy atom. The van der Waals surface area contributed by atoms with E-state index in [1.165, 1.54) is 54.1 Å². The van der Waals surface area contributed by atoms with Gasteiger partial charge in [-0.3, -0.25) is 0 Å². The first-order valence-corrected chi connectivity index (χ1v) is 8.87. The van der Waals surface area contributed by atoms with Gasteiger partial charge in [0.25, 0.3) is 0 Å². The van der Waals surface area contributed by atoms with Gasteiger partial charge in [0.15, 0.2) is 0 Å². The molecular formula is C14H14ClNO4S2. The van der Waals surface area contributed by atoms with Crippen molar-refractivity contribution < 1.29 is 17.9 Å². The molecule has 8 heteroatoms. The van der Waals surface area contributed by atoms with E-state index in [0.717, 1.165) is 4.88 Å². The molecule has 1 aromatic carbocycles. The third-order valence-electron chi connectivity index (χ3n) is 2.99. The minimum Gasteiger partial charge on any atom is -0.465 e. The lowest BCUT2D eigenvalue weighted by atomic mass is 10.2. The summed E-state index contributed by atoms with van der Waals surface area (Å²) in [6.07, 6.45) is 0. The Balaban J connectivity index is 2.20. The number of carbonyl (C=O) groups excluding carboxylic acids is 1. The van der Waals surface area contributed by atoms with Crippen LogP contribution in [0.2, 0.25) is 4.34 Å². The smallest absolute Gasteiger partial charge is 0.337 e. The van der Waals surface area contributed by atoms with Crippen LogP contribution in [0.1, 0.15) is 15.2 Å². The number of hydrogen-bond acceptors (Lipinski definition) is 5. The molecule has 0 radical (unpaired) electrons. The Morgan fingerprint density at radius 3 is 2.36 bits per heavy atom.